The predicted octanol–water partition coefficient (Wildman–Crippen LogP) is 11.7. The van der Waals surface area contributed by atoms with Crippen LogP contribution in [0.15, 0.2) is 0 Å². The van der Waals surface area contributed by atoms with Gasteiger partial charge in [0.25, 0.3) is 0 Å². The van der Waals surface area contributed by atoms with Gasteiger partial charge in [-0.25, -0.2) is 4.57 Å². The number of rotatable bonds is 39. The molecule has 0 bridgehead atoms. The molecule has 2 unspecified atom stereocenters. The maximum Gasteiger partial charge on any atom is 0.472 e. The second kappa shape index (κ2) is 34.6. The number of carbonyl (C=O) groups excluding carboxylic acids is 1. The molecular weight excluding hydrogens is 637 g/mol. The van der Waals surface area contributed by atoms with E-state index in [1.807, 2.05) is 21.1 Å². The van der Waals surface area contributed by atoms with Gasteiger partial charge in [0.05, 0.1) is 34.4 Å². The first-order valence-electron chi connectivity index (χ1n) is 20.8. The molecular formula is C40H83NO7P+. The predicted molar refractivity (Wildman–Crippen MR) is 206 cm³/mol. The Morgan fingerprint density at radius 3 is 1.35 bits per heavy atom. The number of unbranched alkanes of at least 4 members (excludes halogenated alkanes) is 25. The average molecular weight is 721 g/mol. The van der Waals surface area contributed by atoms with Crippen molar-refractivity contribution in [3.63, 3.8) is 0 Å². The number of hydrogen-bond acceptors (Lipinski definition) is 6. The summed E-state index contributed by atoms with van der Waals surface area (Å²) in [5.74, 6) is -0.311. The molecule has 0 aromatic heterocycles. The Morgan fingerprint density at radius 1 is 0.551 bits per heavy atom. The first-order chi connectivity index (χ1) is 23.6. The summed E-state index contributed by atoms with van der Waals surface area (Å²) in [4.78, 5) is 22.7. The van der Waals surface area contributed by atoms with E-state index in [4.69, 9.17) is 18.5 Å². The number of likely N-dealkylation sites (N-methyl/N-ethyl adjacent to an activating group) is 1. The van der Waals surface area contributed by atoms with E-state index >= 15 is 0 Å². The van der Waals surface area contributed by atoms with Crippen molar-refractivity contribution in [1.82, 2.24) is 0 Å². The average Bonchev–Trinajstić information content (AvgIpc) is 3.04. The number of quaternary nitrogens is 1. The van der Waals surface area contributed by atoms with Gasteiger partial charge in [-0.05, 0) is 12.8 Å². The molecule has 0 aliphatic carbocycles. The van der Waals surface area contributed by atoms with E-state index in [1.165, 1.54) is 141 Å². The third-order valence-electron chi connectivity index (χ3n) is 9.17. The van der Waals surface area contributed by atoms with Gasteiger partial charge in [-0.2, -0.15) is 0 Å². The highest BCUT2D eigenvalue weighted by Gasteiger charge is 2.26. The van der Waals surface area contributed by atoms with Gasteiger partial charge in [0.2, 0.25) is 0 Å². The molecule has 0 aromatic rings. The second-order valence-electron chi connectivity index (χ2n) is 15.4. The van der Waals surface area contributed by atoms with Gasteiger partial charge >= 0.3 is 13.8 Å². The SMILES string of the molecule is CCCCCCCCCCCCCCCCCCCCCCC(=O)OC(COCCCCCCCCC)COP(=O)(O)OCC[N+](C)(C)C. The molecule has 0 aliphatic heterocycles. The number of hydrogen-bond donors (Lipinski definition) is 1. The van der Waals surface area contributed by atoms with Crippen molar-refractivity contribution in [2.45, 2.75) is 200 Å². The second-order valence-corrected chi connectivity index (χ2v) is 16.8. The van der Waals surface area contributed by atoms with E-state index in [-0.39, 0.29) is 25.8 Å². The third kappa shape index (κ3) is 38.6. The highest BCUT2D eigenvalue weighted by molar-refractivity contribution is 7.47. The number of carbonyl (C=O) groups is 1. The Kier molecular flexibility index (Phi) is 34.2. The van der Waals surface area contributed by atoms with Crippen molar-refractivity contribution < 1.29 is 37.3 Å². The first-order valence-corrected chi connectivity index (χ1v) is 22.3. The quantitative estimate of drug-likeness (QED) is 0.0292. The molecule has 8 nitrogen and oxygen atoms in total. The van der Waals surface area contributed by atoms with Crippen LogP contribution < -0.4 is 0 Å². The van der Waals surface area contributed by atoms with Crippen LogP contribution in [-0.2, 0) is 27.9 Å². The van der Waals surface area contributed by atoms with Crippen molar-refractivity contribution in [3.05, 3.63) is 0 Å². The van der Waals surface area contributed by atoms with E-state index in [0.29, 0.717) is 24.1 Å². The molecule has 49 heavy (non-hydrogen) atoms. The summed E-state index contributed by atoms with van der Waals surface area (Å²) in [6.07, 6.45) is 34.3. The fourth-order valence-electron chi connectivity index (χ4n) is 5.91. The Balaban J connectivity index is 4.05. The highest BCUT2D eigenvalue weighted by atomic mass is 31.2. The summed E-state index contributed by atoms with van der Waals surface area (Å²) in [5.41, 5.74) is 0. The summed E-state index contributed by atoms with van der Waals surface area (Å²) in [5, 5.41) is 0. The van der Waals surface area contributed by atoms with Crippen LogP contribution in [0.3, 0.4) is 0 Å². The minimum atomic E-state index is -4.25. The normalized spacial score (nSPS) is 13.8. The third-order valence-corrected chi connectivity index (χ3v) is 10.2. The van der Waals surface area contributed by atoms with Crippen molar-refractivity contribution in [2.75, 3.05) is 54.1 Å². The number of nitrogens with zero attached hydrogens (tertiary/aromatic N) is 1. The van der Waals surface area contributed by atoms with Crippen LogP contribution in [0.5, 0.6) is 0 Å². The molecule has 0 fully saturated rings. The van der Waals surface area contributed by atoms with E-state index in [2.05, 4.69) is 13.8 Å². The molecule has 0 spiro atoms. The molecule has 9 heteroatoms. The van der Waals surface area contributed by atoms with Crippen LogP contribution in [0.1, 0.15) is 194 Å². The lowest BCUT2D eigenvalue weighted by Crippen LogP contribution is -2.37. The fraction of sp³-hybridized carbons (Fsp3) is 0.975. The van der Waals surface area contributed by atoms with Gasteiger partial charge in [0, 0.05) is 13.0 Å². The molecule has 294 valence electrons. The number of phosphoric ester groups is 1. The van der Waals surface area contributed by atoms with Crippen molar-refractivity contribution in [1.29, 1.82) is 0 Å². The summed E-state index contributed by atoms with van der Waals surface area (Å²) in [7, 11) is 1.68. The zero-order valence-electron chi connectivity index (χ0n) is 33.2. The molecule has 0 radical (unpaired) electrons. The Labute approximate surface area is 304 Å². The lowest BCUT2D eigenvalue weighted by atomic mass is 10.0. The van der Waals surface area contributed by atoms with Crippen LogP contribution in [0.2, 0.25) is 0 Å². The van der Waals surface area contributed by atoms with Gasteiger partial charge < -0.3 is 18.9 Å². The van der Waals surface area contributed by atoms with Gasteiger partial charge in [0.15, 0.2) is 0 Å². The minimum Gasteiger partial charge on any atom is -0.457 e. The Morgan fingerprint density at radius 2 is 0.939 bits per heavy atom. The molecule has 0 aromatic carbocycles. The summed E-state index contributed by atoms with van der Waals surface area (Å²) < 4.78 is 34.8. The lowest BCUT2D eigenvalue weighted by Gasteiger charge is -2.24. The molecule has 0 saturated heterocycles. The standard InChI is InChI=1S/C40H82NO7P/c1-6-8-10-12-14-15-16-17-18-19-20-21-22-23-24-25-26-27-29-31-33-40(42)48-39(37-45-35-32-30-28-13-11-9-7-2)38-47-49(43,44)46-36-34-41(3,4)5/h39H,6-38H2,1-5H3/p+1. The van der Waals surface area contributed by atoms with Crippen LogP contribution in [0.4, 0.5) is 0 Å². The molecule has 0 heterocycles. The molecule has 0 saturated carbocycles. The van der Waals surface area contributed by atoms with E-state index in [1.54, 1.807) is 0 Å². The molecule has 0 amide bonds. The monoisotopic (exact) mass is 721 g/mol. The van der Waals surface area contributed by atoms with Crippen LogP contribution in [0.25, 0.3) is 0 Å². The van der Waals surface area contributed by atoms with Crippen LogP contribution in [0, 0.1) is 0 Å². The van der Waals surface area contributed by atoms with Crippen molar-refractivity contribution in [3.8, 4) is 0 Å². The molecule has 0 rings (SSSR count). The highest BCUT2D eigenvalue weighted by Crippen LogP contribution is 2.43. The topological polar surface area (TPSA) is 91.3 Å². The molecule has 2 atom stereocenters. The fourth-order valence-corrected chi connectivity index (χ4v) is 6.65. The number of ether oxygens (including phenoxy) is 2. The van der Waals surface area contributed by atoms with E-state index in [9.17, 15) is 14.3 Å². The Bertz CT molecular complexity index is 761. The summed E-state index contributed by atoms with van der Waals surface area (Å²) in [6.45, 7) is 5.63. The Hall–Kier alpha value is -0.500. The lowest BCUT2D eigenvalue weighted by molar-refractivity contribution is -0.870. The van der Waals surface area contributed by atoms with Crippen molar-refractivity contribution >= 4 is 13.8 Å². The number of esters is 1. The summed E-state index contributed by atoms with van der Waals surface area (Å²) in [6, 6.07) is 0. The largest absolute Gasteiger partial charge is 0.472 e. The maximum absolute atomic E-state index is 12.6. The summed E-state index contributed by atoms with van der Waals surface area (Å²) >= 11 is 0. The van der Waals surface area contributed by atoms with Gasteiger partial charge in [-0.1, -0.05) is 174 Å². The van der Waals surface area contributed by atoms with Crippen molar-refractivity contribution in [2.24, 2.45) is 0 Å². The molecule has 1 N–H and O–H groups in total. The van der Waals surface area contributed by atoms with Gasteiger partial charge in [-0.15, -0.1) is 0 Å². The van der Waals surface area contributed by atoms with Gasteiger partial charge in [0.1, 0.15) is 19.3 Å². The van der Waals surface area contributed by atoms with Gasteiger partial charge in [-0.3, -0.25) is 13.8 Å². The smallest absolute Gasteiger partial charge is 0.457 e. The first kappa shape index (κ1) is 48.5. The van der Waals surface area contributed by atoms with Crippen LogP contribution in [-0.4, -0.2) is 75.6 Å². The zero-order chi connectivity index (χ0) is 36.3. The maximum atomic E-state index is 12.6. The van der Waals surface area contributed by atoms with Crippen LogP contribution >= 0.6 is 7.82 Å². The zero-order valence-corrected chi connectivity index (χ0v) is 34.1. The number of phosphoric acid groups is 1. The van der Waals surface area contributed by atoms with E-state index in [0.717, 1.165) is 32.1 Å². The minimum absolute atomic E-state index is 0.0932. The van der Waals surface area contributed by atoms with E-state index < -0.39 is 13.9 Å². The molecule has 0 aliphatic rings.